The Morgan fingerprint density at radius 1 is 1.18 bits per heavy atom. The van der Waals surface area contributed by atoms with Crippen molar-refractivity contribution in [3.8, 4) is 23.0 Å². The molecule has 1 unspecified atom stereocenters. The Morgan fingerprint density at radius 2 is 2.00 bits per heavy atom. The molecule has 0 fully saturated rings. The van der Waals surface area contributed by atoms with Crippen molar-refractivity contribution >= 4 is 34.7 Å². The van der Waals surface area contributed by atoms with Crippen LogP contribution in [0.5, 0.6) is 0 Å². The van der Waals surface area contributed by atoms with E-state index in [4.69, 9.17) is 10.2 Å². The van der Waals surface area contributed by atoms with Crippen molar-refractivity contribution in [3.63, 3.8) is 0 Å². The monoisotopic (exact) mass is 517 g/mol. The Bertz CT molecular complexity index is 1810. The van der Waals surface area contributed by atoms with Crippen LogP contribution in [0.1, 0.15) is 45.9 Å². The fraction of sp³-hybridized carbons (Fsp3) is 0.167. The first-order valence-corrected chi connectivity index (χ1v) is 12.6. The molecule has 9 nitrogen and oxygen atoms in total. The van der Waals surface area contributed by atoms with Gasteiger partial charge in [-0.1, -0.05) is 42.2 Å². The predicted molar refractivity (Wildman–Crippen MR) is 152 cm³/mol. The van der Waals surface area contributed by atoms with Crippen LogP contribution < -0.4 is 16.4 Å². The number of fused-ring (bicyclic) bond motifs is 2. The molecule has 0 saturated carbocycles. The van der Waals surface area contributed by atoms with E-state index in [1.54, 1.807) is 15.6 Å². The Morgan fingerprint density at radius 3 is 2.77 bits per heavy atom. The maximum atomic E-state index is 13.4. The maximum Gasteiger partial charge on any atom is 0.259 e. The highest BCUT2D eigenvalue weighted by atomic mass is 16.3. The van der Waals surface area contributed by atoms with Gasteiger partial charge in [0.2, 0.25) is 0 Å². The standard InChI is InChI=1S/C30H27N7O2/c1-18-22(17-36(3)34-18)12-10-20-11-13-24-23(16-20)25(21-8-5-4-6-9-21)27(39-24)19(2)33-30(38)26-28(31)35-37-15-7-14-32-29(26)37/h4-9,11,13,15-17,19,32H,14H2,1-3H3,(H2,31,35)(H,33,38). The van der Waals surface area contributed by atoms with Gasteiger partial charge >= 0.3 is 0 Å². The van der Waals surface area contributed by atoms with Gasteiger partial charge in [0.25, 0.3) is 5.91 Å². The Kier molecular flexibility index (Phi) is 5.92. The van der Waals surface area contributed by atoms with Gasteiger partial charge in [0, 0.05) is 42.5 Å². The number of nitrogens with two attached hydrogens (primary N) is 1. The third-order valence-electron chi connectivity index (χ3n) is 6.67. The van der Waals surface area contributed by atoms with E-state index in [-0.39, 0.29) is 11.7 Å². The normalized spacial score (nSPS) is 12.9. The van der Waals surface area contributed by atoms with Crippen molar-refractivity contribution < 1.29 is 9.21 Å². The molecule has 0 saturated heterocycles. The summed E-state index contributed by atoms with van der Waals surface area (Å²) in [4.78, 5) is 13.4. The summed E-state index contributed by atoms with van der Waals surface area (Å²) < 4.78 is 9.69. The minimum Gasteiger partial charge on any atom is -0.458 e. The SMILES string of the molecule is Cc1nn(C)cc1C#Cc1ccc2oc(C(C)NC(=O)c3c(N)nn4c3NCC=C4)c(-c3ccccc3)c2c1. The van der Waals surface area contributed by atoms with Gasteiger partial charge in [0.1, 0.15) is 22.7 Å². The first kappa shape index (κ1) is 24.1. The van der Waals surface area contributed by atoms with Crippen LogP contribution in [0.4, 0.5) is 11.6 Å². The molecule has 6 rings (SSSR count). The molecule has 2 aromatic carbocycles. The molecule has 0 aliphatic carbocycles. The summed E-state index contributed by atoms with van der Waals surface area (Å²) in [7, 11) is 1.88. The quantitative estimate of drug-likeness (QED) is 0.298. The van der Waals surface area contributed by atoms with E-state index in [1.807, 2.05) is 81.7 Å². The average Bonchev–Trinajstić information content (AvgIpc) is 3.58. The molecule has 0 spiro atoms. The summed E-state index contributed by atoms with van der Waals surface area (Å²) in [5.74, 6) is 7.53. The molecule has 1 amide bonds. The fourth-order valence-electron chi connectivity index (χ4n) is 4.86. The van der Waals surface area contributed by atoms with E-state index >= 15 is 0 Å². The third-order valence-corrected chi connectivity index (χ3v) is 6.67. The van der Waals surface area contributed by atoms with E-state index in [0.29, 0.717) is 29.3 Å². The molecule has 194 valence electrons. The summed E-state index contributed by atoms with van der Waals surface area (Å²) in [6.07, 6.45) is 5.60. The van der Waals surface area contributed by atoms with E-state index in [9.17, 15) is 4.79 Å². The molecule has 4 N–H and O–H groups in total. The number of hydrogen-bond acceptors (Lipinski definition) is 6. The van der Waals surface area contributed by atoms with Crippen molar-refractivity contribution in [2.45, 2.75) is 19.9 Å². The number of aryl methyl sites for hydroxylation is 2. The Labute approximate surface area is 225 Å². The lowest BCUT2D eigenvalue weighted by Crippen LogP contribution is -2.28. The van der Waals surface area contributed by atoms with Crippen molar-refractivity contribution in [1.29, 1.82) is 0 Å². The highest BCUT2D eigenvalue weighted by Crippen LogP contribution is 2.39. The number of carbonyl (C=O) groups is 1. The van der Waals surface area contributed by atoms with Gasteiger partial charge in [-0.15, -0.1) is 5.10 Å². The van der Waals surface area contributed by atoms with Crippen LogP contribution in [-0.2, 0) is 7.05 Å². The van der Waals surface area contributed by atoms with Crippen molar-refractivity contribution in [2.75, 3.05) is 17.6 Å². The fourth-order valence-corrected chi connectivity index (χ4v) is 4.86. The molecule has 3 aromatic heterocycles. The van der Waals surface area contributed by atoms with E-state index in [2.05, 4.69) is 32.7 Å². The zero-order valence-corrected chi connectivity index (χ0v) is 21.8. The molecular formula is C30H27N7O2. The van der Waals surface area contributed by atoms with Gasteiger partial charge in [-0.2, -0.15) is 5.10 Å². The van der Waals surface area contributed by atoms with Crippen LogP contribution >= 0.6 is 0 Å². The number of aromatic nitrogens is 4. The number of nitrogens with one attached hydrogen (secondary N) is 2. The lowest BCUT2D eigenvalue weighted by atomic mass is 9.98. The second kappa shape index (κ2) is 9.58. The molecule has 1 atom stereocenters. The Balaban J connectivity index is 1.39. The van der Waals surface area contributed by atoms with E-state index in [1.165, 1.54) is 0 Å². The van der Waals surface area contributed by atoms with Crippen molar-refractivity contribution in [2.24, 2.45) is 7.05 Å². The minimum absolute atomic E-state index is 0.161. The first-order valence-electron chi connectivity index (χ1n) is 12.6. The number of carbonyl (C=O) groups excluding carboxylic acids is 1. The van der Waals surface area contributed by atoms with Crippen molar-refractivity contribution in [1.82, 2.24) is 24.9 Å². The molecule has 5 aromatic rings. The lowest BCUT2D eigenvalue weighted by molar-refractivity contribution is 0.0937. The molecule has 39 heavy (non-hydrogen) atoms. The van der Waals surface area contributed by atoms with Gasteiger partial charge in [0.05, 0.1) is 17.3 Å². The number of furan rings is 1. The van der Waals surface area contributed by atoms with Crippen LogP contribution in [0.15, 0.2) is 65.2 Å². The van der Waals surface area contributed by atoms with E-state index in [0.717, 1.165) is 33.3 Å². The summed E-state index contributed by atoms with van der Waals surface area (Å²) in [5.41, 5.74) is 11.6. The average molecular weight is 518 g/mol. The van der Waals surface area contributed by atoms with Crippen molar-refractivity contribution in [3.05, 3.63) is 88.9 Å². The molecule has 4 heterocycles. The molecule has 0 radical (unpaired) electrons. The van der Waals surface area contributed by atoms with Crippen LogP contribution in [-0.4, -0.2) is 32.0 Å². The molecule has 1 aliphatic rings. The maximum absolute atomic E-state index is 13.4. The summed E-state index contributed by atoms with van der Waals surface area (Å²) >= 11 is 0. The Hall–Kier alpha value is -5.23. The smallest absolute Gasteiger partial charge is 0.259 e. The van der Waals surface area contributed by atoms with Crippen LogP contribution in [0.25, 0.3) is 28.3 Å². The highest BCUT2D eigenvalue weighted by Gasteiger charge is 2.27. The summed E-state index contributed by atoms with van der Waals surface area (Å²) in [5, 5.41) is 15.8. The number of anilines is 2. The predicted octanol–water partition coefficient (Wildman–Crippen LogP) is 4.71. The second-order valence-electron chi connectivity index (χ2n) is 9.48. The summed E-state index contributed by atoms with van der Waals surface area (Å²) in [6.45, 7) is 4.43. The number of hydrogen-bond donors (Lipinski definition) is 3. The number of nitrogens with zero attached hydrogens (tertiary/aromatic N) is 4. The molecule has 9 heteroatoms. The summed E-state index contributed by atoms with van der Waals surface area (Å²) in [6, 6.07) is 15.4. The number of rotatable bonds is 4. The topological polar surface area (TPSA) is 116 Å². The first-order chi connectivity index (χ1) is 18.9. The third kappa shape index (κ3) is 4.42. The molecule has 1 aliphatic heterocycles. The largest absolute Gasteiger partial charge is 0.458 e. The van der Waals surface area contributed by atoms with Gasteiger partial charge in [-0.25, -0.2) is 4.68 Å². The molecule has 0 bridgehead atoms. The van der Waals surface area contributed by atoms with Gasteiger partial charge in [-0.3, -0.25) is 9.48 Å². The van der Waals surface area contributed by atoms with Crippen LogP contribution in [0, 0.1) is 18.8 Å². The zero-order valence-electron chi connectivity index (χ0n) is 21.8. The number of nitrogen functional groups attached to an aromatic ring is 1. The van der Waals surface area contributed by atoms with Gasteiger partial charge in [0.15, 0.2) is 5.82 Å². The van der Waals surface area contributed by atoms with Crippen LogP contribution in [0.2, 0.25) is 0 Å². The number of amides is 1. The lowest BCUT2D eigenvalue weighted by Gasteiger charge is -2.16. The second-order valence-corrected chi connectivity index (χ2v) is 9.48. The number of benzene rings is 2. The zero-order chi connectivity index (χ0) is 27.1. The molecular weight excluding hydrogens is 490 g/mol. The van der Waals surface area contributed by atoms with Gasteiger partial charge < -0.3 is 20.8 Å². The highest BCUT2D eigenvalue weighted by molar-refractivity contribution is 6.04. The van der Waals surface area contributed by atoms with Crippen LogP contribution in [0.3, 0.4) is 0 Å². The van der Waals surface area contributed by atoms with Gasteiger partial charge in [-0.05, 0) is 43.7 Å². The minimum atomic E-state index is -0.457. The van der Waals surface area contributed by atoms with E-state index < -0.39 is 6.04 Å².